The van der Waals surface area contributed by atoms with Crippen molar-refractivity contribution in [3.63, 3.8) is 0 Å². The second kappa shape index (κ2) is 6.32. The lowest BCUT2D eigenvalue weighted by Gasteiger charge is -2.17. The highest BCUT2D eigenvalue weighted by Gasteiger charge is 2.17. The number of hydrogen-bond acceptors (Lipinski definition) is 4. The third-order valence-corrected chi connectivity index (χ3v) is 3.63. The molecular formula is C18H15N3O2. The summed E-state index contributed by atoms with van der Waals surface area (Å²) in [5.41, 5.74) is 1.91. The quantitative estimate of drug-likeness (QED) is 0.740. The lowest BCUT2D eigenvalue weighted by atomic mass is 10.1. The van der Waals surface area contributed by atoms with Gasteiger partial charge in [-0.25, -0.2) is 4.98 Å². The molecule has 1 aromatic carbocycles. The third-order valence-electron chi connectivity index (χ3n) is 3.63. The molecule has 0 aliphatic heterocycles. The van der Waals surface area contributed by atoms with Gasteiger partial charge in [-0.3, -0.25) is 4.79 Å². The number of fused-ring (bicyclic) bond motifs is 1. The van der Waals surface area contributed by atoms with Crippen LogP contribution in [-0.2, 0) is 0 Å². The number of nitrogens with zero attached hydrogens (tertiary/aromatic N) is 3. The number of rotatable bonds is 4. The van der Waals surface area contributed by atoms with Crippen molar-refractivity contribution in [3.05, 3.63) is 54.3 Å². The average Bonchev–Trinajstić information content (AvgIpc) is 3.12. The van der Waals surface area contributed by atoms with Gasteiger partial charge in [-0.2, -0.15) is 5.26 Å². The molecule has 0 N–H and O–H groups in total. The van der Waals surface area contributed by atoms with Crippen LogP contribution < -0.4 is 0 Å². The predicted molar refractivity (Wildman–Crippen MR) is 86.6 cm³/mol. The Labute approximate surface area is 133 Å². The molecule has 2 heterocycles. The van der Waals surface area contributed by atoms with E-state index in [-0.39, 0.29) is 5.91 Å². The summed E-state index contributed by atoms with van der Waals surface area (Å²) >= 11 is 0. The fourth-order valence-corrected chi connectivity index (χ4v) is 2.43. The van der Waals surface area contributed by atoms with E-state index < -0.39 is 0 Å². The molecule has 2 aromatic heterocycles. The van der Waals surface area contributed by atoms with Gasteiger partial charge in [0.05, 0.1) is 29.8 Å². The van der Waals surface area contributed by atoms with Gasteiger partial charge in [0.2, 0.25) is 0 Å². The number of carbonyl (C=O) groups excluding carboxylic acids is 1. The van der Waals surface area contributed by atoms with Crippen molar-refractivity contribution in [1.82, 2.24) is 9.88 Å². The van der Waals surface area contributed by atoms with Crippen molar-refractivity contribution >= 4 is 16.8 Å². The maximum atomic E-state index is 12.7. The Hall–Kier alpha value is -3.13. The molecule has 0 radical (unpaired) electrons. The lowest BCUT2D eigenvalue weighted by Crippen LogP contribution is -2.27. The smallest absolute Gasteiger partial charge is 0.254 e. The molecule has 0 saturated heterocycles. The molecular weight excluding hydrogens is 290 g/mol. The van der Waals surface area contributed by atoms with Crippen LogP contribution in [0.2, 0.25) is 0 Å². The van der Waals surface area contributed by atoms with E-state index in [0.29, 0.717) is 30.0 Å². The number of benzene rings is 1. The number of nitriles is 1. The molecule has 0 spiro atoms. The number of amides is 1. The Balaban J connectivity index is 2.11. The maximum Gasteiger partial charge on any atom is 0.254 e. The second-order valence-corrected chi connectivity index (χ2v) is 5.18. The summed E-state index contributed by atoms with van der Waals surface area (Å²) in [5.74, 6) is 0.483. The van der Waals surface area contributed by atoms with E-state index in [2.05, 4.69) is 11.1 Å². The van der Waals surface area contributed by atoms with Crippen molar-refractivity contribution in [2.45, 2.75) is 6.42 Å². The first-order valence-electron chi connectivity index (χ1n) is 7.27. The molecule has 0 aliphatic carbocycles. The van der Waals surface area contributed by atoms with Crippen LogP contribution in [0.15, 0.2) is 53.1 Å². The summed E-state index contributed by atoms with van der Waals surface area (Å²) in [6.45, 7) is 0.391. The minimum atomic E-state index is -0.133. The van der Waals surface area contributed by atoms with E-state index in [9.17, 15) is 4.79 Å². The summed E-state index contributed by atoms with van der Waals surface area (Å²) in [5, 5.41) is 9.49. The van der Waals surface area contributed by atoms with Gasteiger partial charge < -0.3 is 9.32 Å². The molecule has 1 amide bonds. The van der Waals surface area contributed by atoms with Crippen molar-refractivity contribution in [2.24, 2.45) is 0 Å². The minimum absolute atomic E-state index is 0.133. The molecule has 0 unspecified atom stereocenters. The number of para-hydroxylation sites is 1. The number of aromatic nitrogens is 1. The Morgan fingerprint density at radius 3 is 2.87 bits per heavy atom. The van der Waals surface area contributed by atoms with Gasteiger partial charge >= 0.3 is 0 Å². The Morgan fingerprint density at radius 1 is 1.30 bits per heavy atom. The molecule has 0 atom stereocenters. The van der Waals surface area contributed by atoms with Crippen LogP contribution in [0.4, 0.5) is 0 Å². The Bertz CT molecular complexity index is 879. The van der Waals surface area contributed by atoms with Gasteiger partial charge in [-0.1, -0.05) is 18.2 Å². The molecule has 0 bridgehead atoms. The van der Waals surface area contributed by atoms with Crippen LogP contribution in [-0.4, -0.2) is 29.4 Å². The zero-order valence-corrected chi connectivity index (χ0v) is 12.7. The van der Waals surface area contributed by atoms with Crippen molar-refractivity contribution in [1.29, 1.82) is 5.26 Å². The summed E-state index contributed by atoms with van der Waals surface area (Å²) in [6.07, 6.45) is 1.88. The fraction of sp³-hybridized carbons (Fsp3) is 0.167. The SMILES string of the molecule is CN(CCC#N)C(=O)c1cc(-c2ccco2)nc2ccccc12. The highest BCUT2D eigenvalue weighted by Crippen LogP contribution is 2.25. The summed E-state index contributed by atoms with van der Waals surface area (Å²) in [7, 11) is 1.70. The summed E-state index contributed by atoms with van der Waals surface area (Å²) < 4.78 is 5.40. The number of furan rings is 1. The van der Waals surface area contributed by atoms with E-state index in [4.69, 9.17) is 9.68 Å². The van der Waals surface area contributed by atoms with Crippen LogP contribution >= 0.6 is 0 Å². The topological polar surface area (TPSA) is 70.1 Å². The van der Waals surface area contributed by atoms with Gasteiger partial charge in [0, 0.05) is 19.0 Å². The maximum absolute atomic E-state index is 12.7. The third kappa shape index (κ3) is 2.92. The van der Waals surface area contributed by atoms with Crippen LogP contribution in [0.5, 0.6) is 0 Å². The second-order valence-electron chi connectivity index (χ2n) is 5.18. The molecule has 3 aromatic rings. The van der Waals surface area contributed by atoms with Gasteiger partial charge in [-0.05, 0) is 24.3 Å². The van der Waals surface area contributed by atoms with Gasteiger partial charge in [0.15, 0.2) is 5.76 Å². The van der Waals surface area contributed by atoms with E-state index in [1.54, 1.807) is 30.3 Å². The first kappa shape index (κ1) is 14.8. The molecule has 0 fully saturated rings. The van der Waals surface area contributed by atoms with Crippen LogP contribution in [0.3, 0.4) is 0 Å². The van der Waals surface area contributed by atoms with Gasteiger partial charge in [-0.15, -0.1) is 0 Å². The zero-order chi connectivity index (χ0) is 16.2. The van der Waals surface area contributed by atoms with Crippen LogP contribution in [0, 0.1) is 11.3 Å². The Kier molecular flexibility index (Phi) is 4.07. The predicted octanol–water partition coefficient (Wildman–Crippen LogP) is 3.48. The number of carbonyl (C=O) groups is 1. The molecule has 0 aliphatic rings. The van der Waals surface area contributed by atoms with Crippen molar-refractivity contribution in [2.75, 3.05) is 13.6 Å². The van der Waals surface area contributed by atoms with E-state index in [0.717, 1.165) is 10.9 Å². The number of hydrogen-bond donors (Lipinski definition) is 0. The van der Waals surface area contributed by atoms with Gasteiger partial charge in [0.25, 0.3) is 5.91 Å². The minimum Gasteiger partial charge on any atom is -0.463 e. The standard InChI is InChI=1S/C18H15N3O2/c1-21(10-5-9-19)18(22)14-12-16(17-8-4-11-23-17)20-15-7-3-2-6-13(14)15/h2-4,6-8,11-12H,5,10H2,1H3. The zero-order valence-electron chi connectivity index (χ0n) is 12.7. The molecule has 114 valence electrons. The van der Waals surface area contributed by atoms with Crippen molar-refractivity contribution < 1.29 is 9.21 Å². The van der Waals surface area contributed by atoms with Crippen LogP contribution in [0.1, 0.15) is 16.8 Å². The molecule has 23 heavy (non-hydrogen) atoms. The summed E-state index contributed by atoms with van der Waals surface area (Å²) in [4.78, 5) is 18.9. The van der Waals surface area contributed by atoms with Gasteiger partial charge in [0.1, 0.15) is 5.69 Å². The Morgan fingerprint density at radius 2 is 2.13 bits per heavy atom. The first-order chi connectivity index (χ1) is 11.2. The van der Waals surface area contributed by atoms with E-state index >= 15 is 0 Å². The monoisotopic (exact) mass is 305 g/mol. The number of pyridine rings is 1. The normalized spacial score (nSPS) is 10.4. The summed E-state index contributed by atoms with van der Waals surface area (Å²) in [6, 6.07) is 14.9. The fourth-order valence-electron chi connectivity index (χ4n) is 2.43. The highest BCUT2D eigenvalue weighted by molar-refractivity contribution is 6.07. The van der Waals surface area contributed by atoms with E-state index in [1.165, 1.54) is 0 Å². The van der Waals surface area contributed by atoms with E-state index in [1.807, 2.05) is 30.3 Å². The molecule has 3 rings (SSSR count). The first-order valence-corrected chi connectivity index (χ1v) is 7.27. The average molecular weight is 305 g/mol. The molecule has 0 saturated carbocycles. The molecule has 5 heteroatoms. The largest absolute Gasteiger partial charge is 0.463 e. The highest BCUT2D eigenvalue weighted by atomic mass is 16.3. The van der Waals surface area contributed by atoms with Crippen molar-refractivity contribution in [3.8, 4) is 17.5 Å². The molecule has 5 nitrogen and oxygen atoms in total. The van der Waals surface area contributed by atoms with Crippen LogP contribution in [0.25, 0.3) is 22.4 Å². The lowest BCUT2D eigenvalue weighted by molar-refractivity contribution is 0.0800.